The molecule has 1 atom stereocenters. The predicted molar refractivity (Wildman–Crippen MR) is 364 cm³/mol. The molecule has 0 aliphatic carbocycles. The maximum atomic E-state index is 6.55. The van der Waals surface area contributed by atoms with E-state index < -0.39 is 0 Å². The number of H-pyrrole nitrogens is 2. The molecule has 3 aliphatic rings. The molecular formula is C68H96N8O12S2. The first-order chi connectivity index (χ1) is 44.3. The molecule has 1 unspecified atom stereocenters. The van der Waals surface area contributed by atoms with Crippen LogP contribution in [0, 0.1) is 6.92 Å². The van der Waals surface area contributed by atoms with E-state index in [0.717, 1.165) is 113 Å². The van der Waals surface area contributed by atoms with Crippen molar-refractivity contribution in [2.24, 2.45) is 30.0 Å². The molecule has 4 aromatic carbocycles. The summed E-state index contributed by atoms with van der Waals surface area (Å²) in [6.07, 6.45) is 8.59. The average Bonchev–Trinajstić information content (AvgIpc) is 1.62. The topological polar surface area (TPSA) is 216 Å². The Labute approximate surface area is 540 Å². The number of hydrogen-bond acceptors (Lipinski definition) is 20. The monoisotopic (exact) mass is 1280 g/mol. The van der Waals surface area contributed by atoms with E-state index in [2.05, 4.69) is 48.7 Å². The van der Waals surface area contributed by atoms with E-state index in [1.165, 1.54) is 6.42 Å². The molecule has 6 aromatic rings. The number of fused-ring (bicyclic) bond motifs is 15. The van der Waals surface area contributed by atoms with E-state index in [-0.39, 0.29) is 32.7 Å². The number of methoxy groups -OCH3 is 6. The van der Waals surface area contributed by atoms with Crippen molar-refractivity contribution >= 4 is 80.9 Å². The number of rotatable bonds is 31. The second-order valence-corrected chi connectivity index (χ2v) is 22.5. The third-order valence-corrected chi connectivity index (χ3v) is 16.2. The first kappa shape index (κ1) is 72.9. The SMILES string of the molecule is C=N/C1=N\c2[nH]c(c3c(OCCOC)ccc(SCCOC)c23)/N=C2\N=C(N=c3[nH]c(c4c(C)ccc(OCCOC)c34)=NCc3ccc(SCCCCCCOC4CCCCO4)cc31)c1c(OCCOC)ccc(OCCOC)c12.CC.CC.CCCOC. The average molecular weight is 1280 g/mol. The summed E-state index contributed by atoms with van der Waals surface area (Å²) in [6.45, 7) is 21.9. The van der Waals surface area contributed by atoms with E-state index in [4.69, 9.17) is 86.8 Å². The maximum absolute atomic E-state index is 6.55. The summed E-state index contributed by atoms with van der Waals surface area (Å²) in [5.74, 6) is 5.66. The van der Waals surface area contributed by atoms with Crippen molar-refractivity contribution in [1.29, 1.82) is 0 Å². The van der Waals surface area contributed by atoms with Crippen molar-refractivity contribution in [3.05, 3.63) is 93.4 Å². The van der Waals surface area contributed by atoms with Gasteiger partial charge in [-0.05, 0) is 112 Å². The number of aromatic nitrogens is 2. The zero-order chi connectivity index (χ0) is 64.5. The molecule has 0 saturated carbocycles. The van der Waals surface area contributed by atoms with Crippen molar-refractivity contribution in [2.75, 3.05) is 133 Å². The summed E-state index contributed by atoms with van der Waals surface area (Å²) in [5.41, 5.74) is 4.82. The minimum Gasteiger partial charge on any atom is -0.490 e. The van der Waals surface area contributed by atoms with Crippen LogP contribution >= 0.6 is 23.5 Å². The number of benzene rings is 4. The van der Waals surface area contributed by atoms with Gasteiger partial charge in [-0.2, -0.15) is 0 Å². The second kappa shape index (κ2) is 40.6. The predicted octanol–water partition coefficient (Wildman–Crippen LogP) is 13.2. The van der Waals surface area contributed by atoms with E-state index in [9.17, 15) is 0 Å². The summed E-state index contributed by atoms with van der Waals surface area (Å²) in [7, 11) is 9.96. The molecule has 2 N–H and O–H groups in total. The highest BCUT2D eigenvalue weighted by Crippen LogP contribution is 2.47. The summed E-state index contributed by atoms with van der Waals surface area (Å²) in [5, 5.41) is 3.00. The second-order valence-electron chi connectivity index (χ2n) is 20.2. The normalized spacial score (nSPS) is 15.3. The molecule has 3 aliphatic heterocycles. The van der Waals surface area contributed by atoms with Gasteiger partial charge >= 0.3 is 0 Å². The van der Waals surface area contributed by atoms with Crippen LogP contribution in [-0.4, -0.2) is 174 Å². The number of hydrogen-bond donors (Lipinski definition) is 2. The molecule has 1 fully saturated rings. The third kappa shape index (κ3) is 20.2. The Morgan fingerprint density at radius 1 is 0.556 bits per heavy atom. The van der Waals surface area contributed by atoms with Crippen LogP contribution in [0.4, 0.5) is 11.6 Å². The number of unbranched alkanes of at least 4 members (excludes halogenated alkanes) is 3. The molecule has 0 radical (unpaired) electrons. The molecule has 22 heteroatoms. The zero-order valence-electron chi connectivity index (χ0n) is 55.1. The number of amidine groups is 3. The molecule has 1 saturated heterocycles. The smallest absolute Gasteiger partial charge is 0.168 e. The number of thioether (sulfide) groups is 2. The molecule has 90 heavy (non-hydrogen) atoms. The molecule has 9 rings (SSSR count). The van der Waals surface area contributed by atoms with Gasteiger partial charge in [0.2, 0.25) is 0 Å². The quantitative estimate of drug-likeness (QED) is 0.0235. The molecule has 5 heterocycles. The minimum absolute atomic E-state index is 0.0533. The van der Waals surface area contributed by atoms with Crippen LogP contribution in [0.2, 0.25) is 0 Å². The van der Waals surface area contributed by atoms with Crippen molar-refractivity contribution in [3.63, 3.8) is 0 Å². The fraction of sp³-hybridized carbons (Fsp3) is 0.529. The van der Waals surface area contributed by atoms with E-state index in [1.54, 1.807) is 66.2 Å². The highest BCUT2D eigenvalue weighted by atomic mass is 32.2. The van der Waals surface area contributed by atoms with E-state index in [1.807, 2.05) is 64.1 Å². The Bertz CT molecular complexity index is 3400. The Balaban J connectivity index is 0.00000135. The van der Waals surface area contributed by atoms with E-state index in [0.29, 0.717) is 125 Å². The molecule has 492 valence electrons. The van der Waals surface area contributed by atoms with Gasteiger partial charge in [0.15, 0.2) is 23.8 Å². The summed E-state index contributed by atoms with van der Waals surface area (Å²) in [6, 6.07) is 18.1. The van der Waals surface area contributed by atoms with Crippen molar-refractivity contribution in [1.82, 2.24) is 9.97 Å². The van der Waals surface area contributed by atoms with Gasteiger partial charge in [0, 0.05) is 94.4 Å². The van der Waals surface area contributed by atoms with Gasteiger partial charge < -0.3 is 66.8 Å². The van der Waals surface area contributed by atoms with Crippen LogP contribution in [0.1, 0.15) is 114 Å². The van der Waals surface area contributed by atoms with Gasteiger partial charge in [0.1, 0.15) is 72.0 Å². The summed E-state index contributed by atoms with van der Waals surface area (Å²) < 4.78 is 69.8. The van der Waals surface area contributed by atoms with Crippen LogP contribution < -0.4 is 29.9 Å². The third-order valence-electron chi connectivity index (χ3n) is 14.1. The number of nitrogens with zero attached hydrogens (tertiary/aromatic N) is 6. The van der Waals surface area contributed by atoms with Gasteiger partial charge in [0.25, 0.3) is 0 Å². The van der Waals surface area contributed by atoms with Gasteiger partial charge in [-0.15, -0.1) is 23.5 Å². The number of aromatic amines is 2. The number of nitrogens with one attached hydrogen (secondary N) is 2. The van der Waals surface area contributed by atoms with Crippen molar-refractivity contribution in [2.45, 2.75) is 116 Å². The highest BCUT2D eigenvalue weighted by molar-refractivity contribution is 7.99. The zero-order valence-corrected chi connectivity index (χ0v) is 56.8. The van der Waals surface area contributed by atoms with Crippen molar-refractivity contribution in [3.8, 4) is 23.0 Å². The Hall–Kier alpha value is -6.18. The Morgan fingerprint density at radius 2 is 1.16 bits per heavy atom. The molecule has 20 nitrogen and oxygen atoms in total. The number of ether oxygens (including phenoxy) is 12. The molecule has 6 bridgehead atoms. The van der Waals surface area contributed by atoms with Crippen LogP contribution in [0.25, 0.3) is 21.5 Å². The van der Waals surface area contributed by atoms with Crippen LogP contribution in [-0.2, 0) is 44.4 Å². The van der Waals surface area contributed by atoms with Crippen LogP contribution in [0.15, 0.2) is 94.3 Å². The maximum Gasteiger partial charge on any atom is 0.168 e. The standard InChI is InChI=1S/C60H74N8O11S2.C4H10O.2C2H6/c1-38-15-18-42(74-29-25-69-3)49-48(38)55-62-37-39-16-17-40(80-34-13-9-8-11-23-78-47-14-10-12-24-79-47)36-41(39)54(61-2)63-60-53-46(81-35-33-73-7)22-21-45(77-32-28-72-6)52(53)59(68-60)67-58-51-44(76-31-27-71-5)20-19-43(75-30-26-70-4)50(51)57(66-58)65-56(49)64-55;1-3-4-5-2;2*1-2/h15-22,36,47,68H,2,8-14,23-35,37H2,1,3-7H3,(H,62,64,65,66,67);3-4H2,1-2H3;2*1-2H3/b63-54-;;;. The molecular weight excluding hydrogens is 1180 g/mol. The van der Waals surface area contributed by atoms with Gasteiger partial charge in [-0.25, -0.2) is 25.0 Å². The van der Waals surface area contributed by atoms with Crippen molar-refractivity contribution < 1.29 is 56.8 Å². The Kier molecular flexibility index (Phi) is 32.9. The fourth-order valence-corrected chi connectivity index (χ4v) is 11.9. The first-order valence-electron chi connectivity index (χ1n) is 31.5. The van der Waals surface area contributed by atoms with Crippen LogP contribution in [0.5, 0.6) is 23.0 Å². The highest BCUT2D eigenvalue weighted by Gasteiger charge is 2.32. The number of aliphatic imine (C=N–C) groups is 4. The largest absolute Gasteiger partial charge is 0.490 e. The molecule has 2 aromatic heterocycles. The van der Waals surface area contributed by atoms with Gasteiger partial charge in [-0.3, -0.25) is 4.99 Å². The lowest BCUT2D eigenvalue weighted by atomic mass is 10.1. The fourth-order valence-electron chi connectivity index (χ4n) is 9.93. The summed E-state index contributed by atoms with van der Waals surface area (Å²) in [4.78, 5) is 40.9. The summed E-state index contributed by atoms with van der Waals surface area (Å²) >= 11 is 3.44. The molecule has 0 amide bonds. The van der Waals surface area contributed by atoms with Gasteiger partial charge in [-0.1, -0.05) is 59.6 Å². The lowest BCUT2D eigenvalue weighted by Gasteiger charge is -2.22. The minimum atomic E-state index is -0.0533. The Morgan fingerprint density at radius 3 is 1.77 bits per heavy atom. The van der Waals surface area contributed by atoms with E-state index >= 15 is 0 Å². The van der Waals surface area contributed by atoms with Gasteiger partial charge in [0.05, 0.1) is 61.5 Å². The first-order valence-corrected chi connectivity index (χ1v) is 33.5. The number of aryl methyl sites for hydroxylation is 1. The van der Waals surface area contributed by atoms with Crippen LogP contribution in [0.3, 0.4) is 0 Å². The lowest BCUT2D eigenvalue weighted by Crippen LogP contribution is -2.22. The molecule has 0 spiro atoms. The lowest BCUT2D eigenvalue weighted by molar-refractivity contribution is -0.162.